The Hall–Kier alpha value is -0.810. The fourth-order valence-corrected chi connectivity index (χ4v) is 0.951. The number of rotatable bonds is 4. The van der Waals surface area contributed by atoms with Gasteiger partial charge in [0.1, 0.15) is 11.3 Å². The van der Waals surface area contributed by atoms with E-state index < -0.39 is 17.4 Å². The lowest BCUT2D eigenvalue weighted by molar-refractivity contribution is 0.0469. The molecule has 5 heteroatoms. The summed E-state index contributed by atoms with van der Waals surface area (Å²) in [5, 5.41) is 11.8. The van der Waals surface area contributed by atoms with Crippen LogP contribution in [0, 0.1) is 0 Å². The van der Waals surface area contributed by atoms with Crippen molar-refractivity contribution in [1.82, 2.24) is 5.32 Å². The van der Waals surface area contributed by atoms with Gasteiger partial charge in [0.15, 0.2) is 0 Å². The normalized spacial score (nSPS) is 15.6. The van der Waals surface area contributed by atoms with E-state index in [-0.39, 0.29) is 0 Å². The van der Waals surface area contributed by atoms with Crippen molar-refractivity contribution in [3.05, 3.63) is 0 Å². The van der Waals surface area contributed by atoms with Crippen LogP contribution in [-0.4, -0.2) is 29.1 Å². The van der Waals surface area contributed by atoms with Crippen LogP contribution < -0.4 is 11.1 Å². The fourth-order valence-electron chi connectivity index (χ4n) is 0.951. The van der Waals surface area contributed by atoms with E-state index in [0.29, 0.717) is 19.4 Å². The van der Waals surface area contributed by atoms with Gasteiger partial charge in [0.05, 0.1) is 0 Å². The van der Waals surface area contributed by atoms with E-state index in [1.165, 1.54) is 6.92 Å². The highest BCUT2D eigenvalue weighted by Crippen LogP contribution is 2.07. The van der Waals surface area contributed by atoms with Crippen LogP contribution in [0.3, 0.4) is 0 Å². The van der Waals surface area contributed by atoms with Crippen LogP contribution in [0.4, 0.5) is 4.79 Å². The van der Waals surface area contributed by atoms with Crippen LogP contribution in [-0.2, 0) is 4.74 Å². The Morgan fingerprint density at radius 1 is 1.40 bits per heavy atom. The molecule has 90 valence electrons. The minimum atomic E-state index is -1.17. The Balaban J connectivity index is 3.57. The molecule has 1 atom stereocenters. The summed E-state index contributed by atoms with van der Waals surface area (Å²) in [6.45, 7) is 7.38. The summed E-state index contributed by atoms with van der Waals surface area (Å²) in [6.07, 6.45) is 0.602. The first-order valence-electron chi connectivity index (χ1n) is 5.08. The highest BCUT2D eigenvalue weighted by atomic mass is 16.6. The molecular weight excluding hydrogens is 196 g/mol. The molecule has 0 saturated carbocycles. The van der Waals surface area contributed by atoms with Crippen molar-refractivity contribution in [2.24, 2.45) is 5.73 Å². The topological polar surface area (TPSA) is 84.6 Å². The first kappa shape index (κ1) is 14.2. The lowest BCUT2D eigenvalue weighted by Gasteiger charge is -2.20. The maximum atomic E-state index is 11.2. The van der Waals surface area contributed by atoms with Crippen molar-refractivity contribution in [2.45, 2.75) is 51.9 Å². The van der Waals surface area contributed by atoms with Crippen LogP contribution in [0.1, 0.15) is 40.5 Å². The number of carbonyl (C=O) groups is 1. The third-order valence-corrected chi connectivity index (χ3v) is 1.53. The molecular formula is C10H22N2O3. The van der Waals surface area contributed by atoms with Gasteiger partial charge in [-0.3, -0.25) is 0 Å². The third-order valence-electron chi connectivity index (χ3n) is 1.53. The van der Waals surface area contributed by atoms with Crippen LogP contribution in [0.15, 0.2) is 0 Å². The molecule has 0 bridgehead atoms. The van der Waals surface area contributed by atoms with Crippen molar-refractivity contribution < 1.29 is 14.6 Å². The Bertz CT molecular complexity index is 204. The number of nitrogens with two attached hydrogens (primary N) is 1. The summed E-state index contributed by atoms with van der Waals surface area (Å²) >= 11 is 0. The maximum absolute atomic E-state index is 11.2. The fraction of sp³-hybridized carbons (Fsp3) is 0.900. The van der Waals surface area contributed by atoms with E-state index in [1.807, 2.05) is 0 Å². The standard InChI is InChI=1S/C10H22N2O3/c1-9(2,3)15-8(13)12-7-5-6-10(4,11)14/h14H,5-7,11H2,1-4H3,(H,12,13). The second-order valence-electron chi connectivity index (χ2n) is 4.89. The number of ether oxygens (including phenoxy) is 1. The van der Waals surface area contributed by atoms with Gasteiger partial charge in [-0.1, -0.05) is 0 Å². The molecule has 0 rings (SSSR count). The van der Waals surface area contributed by atoms with Gasteiger partial charge in [-0.2, -0.15) is 0 Å². The Kier molecular flexibility index (Phi) is 5.03. The summed E-state index contributed by atoms with van der Waals surface area (Å²) < 4.78 is 5.03. The molecule has 1 amide bonds. The maximum Gasteiger partial charge on any atom is 0.407 e. The summed E-state index contributed by atoms with van der Waals surface area (Å²) in [5.74, 6) is 0. The summed E-state index contributed by atoms with van der Waals surface area (Å²) in [7, 11) is 0. The summed E-state index contributed by atoms with van der Waals surface area (Å²) in [4.78, 5) is 11.2. The second kappa shape index (κ2) is 5.32. The molecule has 1 unspecified atom stereocenters. The van der Waals surface area contributed by atoms with E-state index in [1.54, 1.807) is 20.8 Å². The number of carbonyl (C=O) groups excluding carboxylic acids is 1. The van der Waals surface area contributed by atoms with Gasteiger partial charge in [0.25, 0.3) is 0 Å². The molecule has 0 aromatic rings. The van der Waals surface area contributed by atoms with E-state index >= 15 is 0 Å². The molecule has 0 aromatic heterocycles. The summed E-state index contributed by atoms with van der Waals surface area (Å²) in [5.41, 5.74) is 3.71. The van der Waals surface area contributed by atoms with Gasteiger partial charge in [-0.05, 0) is 40.5 Å². The highest BCUT2D eigenvalue weighted by Gasteiger charge is 2.16. The van der Waals surface area contributed by atoms with Crippen molar-refractivity contribution >= 4 is 6.09 Å². The van der Waals surface area contributed by atoms with Crippen LogP contribution in [0.5, 0.6) is 0 Å². The largest absolute Gasteiger partial charge is 0.444 e. The van der Waals surface area contributed by atoms with Crippen molar-refractivity contribution in [3.8, 4) is 0 Å². The lowest BCUT2D eigenvalue weighted by Crippen LogP contribution is -2.37. The molecule has 0 spiro atoms. The average molecular weight is 218 g/mol. The van der Waals surface area contributed by atoms with Crippen LogP contribution >= 0.6 is 0 Å². The van der Waals surface area contributed by atoms with Gasteiger partial charge in [0, 0.05) is 6.54 Å². The van der Waals surface area contributed by atoms with Crippen LogP contribution in [0.2, 0.25) is 0 Å². The van der Waals surface area contributed by atoms with Gasteiger partial charge in [0.2, 0.25) is 0 Å². The number of hydrogen-bond donors (Lipinski definition) is 3. The number of aliphatic hydroxyl groups is 1. The van der Waals surface area contributed by atoms with Gasteiger partial charge >= 0.3 is 6.09 Å². The highest BCUT2D eigenvalue weighted by molar-refractivity contribution is 5.67. The van der Waals surface area contributed by atoms with E-state index in [9.17, 15) is 9.90 Å². The van der Waals surface area contributed by atoms with Crippen molar-refractivity contribution in [3.63, 3.8) is 0 Å². The Labute approximate surface area is 91.0 Å². The zero-order chi connectivity index (χ0) is 12.1. The van der Waals surface area contributed by atoms with E-state index in [0.717, 1.165) is 0 Å². The Morgan fingerprint density at radius 3 is 2.33 bits per heavy atom. The molecule has 0 radical (unpaired) electrons. The molecule has 0 aromatic carbocycles. The smallest absolute Gasteiger partial charge is 0.407 e. The minimum absolute atomic E-state index is 0.433. The molecule has 0 heterocycles. The summed E-state index contributed by atoms with van der Waals surface area (Å²) in [6, 6.07) is 0. The predicted octanol–water partition coefficient (Wildman–Crippen LogP) is 0.958. The van der Waals surface area contributed by atoms with Crippen LogP contribution in [0.25, 0.3) is 0 Å². The lowest BCUT2D eigenvalue weighted by atomic mass is 10.1. The number of hydrogen-bond acceptors (Lipinski definition) is 4. The number of alkyl carbamates (subject to hydrolysis) is 1. The zero-order valence-corrected chi connectivity index (χ0v) is 9.96. The van der Waals surface area contributed by atoms with Gasteiger partial charge in [-0.15, -0.1) is 0 Å². The zero-order valence-electron chi connectivity index (χ0n) is 9.96. The van der Waals surface area contributed by atoms with E-state index in [4.69, 9.17) is 10.5 Å². The Morgan fingerprint density at radius 2 is 1.93 bits per heavy atom. The quantitative estimate of drug-likeness (QED) is 0.484. The molecule has 0 saturated heterocycles. The van der Waals surface area contributed by atoms with Gasteiger partial charge in [-0.25, -0.2) is 4.79 Å². The first-order chi connectivity index (χ1) is 6.60. The molecule has 4 N–H and O–H groups in total. The van der Waals surface area contributed by atoms with Gasteiger partial charge < -0.3 is 20.9 Å². The second-order valence-corrected chi connectivity index (χ2v) is 4.89. The van der Waals surface area contributed by atoms with E-state index in [2.05, 4.69) is 5.32 Å². The molecule has 0 fully saturated rings. The first-order valence-corrected chi connectivity index (χ1v) is 5.08. The SMILES string of the molecule is CC(N)(O)CCCNC(=O)OC(C)(C)C. The molecule has 0 aliphatic heterocycles. The predicted molar refractivity (Wildman–Crippen MR) is 58.3 cm³/mol. The third kappa shape index (κ3) is 11.1. The van der Waals surface area contributed by atoms with Crippen molar-refractivity contribution in [2.75, 3.05) is 6.54 Å². The average Bonchev–Trinajstić information content (AvgIpc) is 1.92. The molecule has 0 aliphatic rings. The van der Waals surface area contributed by atoms with Crippen molar-refractivity contribution in [1.29, 1.82) is 0 Å². The number of nitrogens with one attached hydrogen (secondary N) is 1. The molecule has 15 heavy (non-hydrogen) atoms. The monoisotopic (exact) mass is 218 g/mol. The molecule has 5 nitrogen and oxygen atoms in total. The molecule has 0 aliphatic carbocycles. The number of amides is 1. The minimum Gasteiger partial charge on any atom is -0.444 e.